The number of nitrogens with zero attached hydrogens (tertiary/aromatic N) is 3. The van der Waals surface area contributed by atoms with E-state index in [-0.39, 0.29) is 11.7 Å². The van der Waals surface area contributed by atoms with Crippen LogP contribution in [-0.4, -0.2) is 32.8 Å². The Labute approximate surface area is 98.6 Å². The summed E-state index contributed by atoms with van der Waals surface area (Å²) in [5.41, 5.74) is 0.0297. The van der Waals surface area contributed by atoms with Crippen LogP contribution in [0, 0.1) is 10.1 Å². The first kappa shape index (κ1) is 12.8. The molecule has 0 aromatic carbocycles. The lowest BCUT2D eigenvalue weighted by molar-refractivity contribution is -0.384. The number of hydrogen-bond donors (Lipinski definition) is 1. The molecule has 1 atom stereocenters. The lowest BCUT2D eigenvalue weighted by Gasteiger charge is -2.14. The van der Waals surface area contributed by atoms with E-state index in [2.05, 4.69) is 10.4 Å². The molecule has 0 saturated heterocycles. The molecule has 1 rings (SSSR count). The summed E-state index contributed by atoms with van der Waals surface area (Å²) in [6.45, 7) is 2.04. The molecular weight excluding hydrogens is 228 g/mol. The van der Waals surface area contributed by atoms with Crippen LogP contribution >= 0.6 is 11.8 Å². The average molecular weight is 244 g/mol. The normalized spacial score (nSPS) is 12.4. The molecule has 0 bridgehead atoms. The summed E-state index contributed by atoms with van der Waals surface area (Å²) in [6, 6.07) is 0.212. The third-order valence-corrected chi connectivity index (χ3v) is 2.94. The molecule has 16 heavy (non-hydrogen) atoms. The highest BCUT2D eigenvalue weighted by molar-refractivity contribution is 7.98. The van der Waals surface area contributed by atoms with E-state index in [0.29, 0.717) is 5.82 Å². The van der Waals surface area contributed by atoms with E-state index in [1.54, 1.807) is 18.8 Å². The smallest absolute Gasteiger partial charge is 0.330 e. The molecular formula is C9H16N4O2S. The van der Waals surface area contributed by atoms with Crippen molar-refractivity contribution in [2.24, 2.45) is 7.05 Å². The van der Waals surface area contributed by atoms with Gasteiger partial charge in [-0.3, -0.25) is 14.8 Å². The Morgan fingerprint density at radius 2 is 2.44 bits per heavy atom. The van der Waals surface area contributed by atoms with Crippen molar-refractivity contribution in [1.29, 1.82) is 0 Å². The largest absolute Gasteiger partial charge is 0.359 e. The van der Waals surface area contributed by atoms with Gasteiger partial charge in [-0.1, -0.05) is 6.92 Å². The van der Waals surface area contributed by atoms with E-state index < -0.39 is 4.92 Å². The first-order chi connectivity index (χ1) is 7.58. The molecule has 0 aliphatic carbocycles. The fraction of sp³-hybridized carbons (Fsp3) is 0.667. The number of anilines is 1. The van der Waals surface area contributed by atoms with E-state index in [0.717, 1.165) is 12.2 Å². The molecule has 0 aliphatic heterocycles. The summed E-state index contributed by atoms with van der Waals surface area (Å²) in [6.07, 6.45) is 4.33. The van der Waals surface area contributed by atoms with Crippen molar-refractivity contribution in [3.05, 3.63) is 16.3 Å². The Morgan fingerprint density at radius 3 is 2.94 bits per heavy atom. The van der Waals surface area contributed by atoms with Crippen molar-refractivity contribution in [1.82, 2.24) is 9.78 Å². The van der Waals surface area contributed by atoms with Crippen molar-refractivity contribution >= 4 is 23.3 Å². The van der Waals surface area contributed by atoms with Gasteiger partial charge in [-0.15, -0.1) is 5.10 Å². The van der Waals surface area contributed by atoms with Gasteiger partial charge < -0.3 is 5.32 Å². The zero-order valence-electron chi connectivity index (χ0n) is 9.64. The number of hydrogen-bond acceptors (Lipinski definition) is 5. The van der Waals surface area contributed by atoms with Crippen LogP contribution in [0.15, 0.2) is 6.20 Å². The lowest BCUT2D eigenvalue weighted by Crippen LogP contribution is -2.22. The number of thioether (sulfide) groups is 1. The molecule has 7 heteroatoms. The van der Waals surface area contributed by atoms with E-state index >= 15 is 0 Å². The highest BCUT2D eigenvalue weighted by Gasteiger charge is 2.20. The highest BCUT2D eigenvalue weighted by atomic mass is 32.2. The lowest BCUT2D eigenvalue weighted by atomic mass is 10.2. The SMILES string of the molecule is CCC(CSC)Nc1nn(C)cc1[N+](=O)[O-]. The summed E-state index contributed by atoms with van der Waals surface area (Å²) in [4.78, 5) is 10.4. The van der Waals surface area contributed by atoms with Crippen LogP contribution < -0.4 is 5.32 Å². The summed E-state index contributed by atoms with van der Waals surface area (Å²) in [5.74, 6) is 1.26. The molecule has 0 spiro atoms. The van der Waals surface area contributed by atoms with E-state index in [1.165, 1.54) is 10.9 Å². The summed E-state index contributed by atoms with van der Waals surface area (Å²) < 4.78 is 1.45. The summed E-state index contributed by atoms with van der Waals surface area (Å²) in [5, 5.41) is 17.9. The minimum atomic E-state index is -0.416. The quantitative estimate of drug-likeness (QED) is 0.611. The zero-order chi connectivity index (χ0) is 12.1. The Balaban J connectivity index is 2.82. The van der Waals surface area contributed by atoms with Gasteiger partial charge in [-0.05, 0) is 12.7 Å². The Hall–Kier alpha value is -1.24. The Morgan fingerprint density at radius 1 is 1.75 bits per heavy atom. The number of nitro groups is 1. The summed E-state index contributed by atoms with van der Waals surface area (Å²) >= 11 is 1.71. The molecule has 1 N–H and O–H groups in total. The third-order valence-electron chi connectivity index (χ3n) is 2.21. The predicted molar refractivity (Wildman–Crippen MR) is 65.9 cm³/mol. The first-order valence-electron chi connectivity index (χ1n) is 5.02. The molecule has 1 aromatic rings. The van der Waals surface area contributed by atoms with Gasteiger partial charge in [0, 0.05) is 18.8 Å². The zero-order valence-corrected chi connectivity index (χ0v) is 10.5. The Bertz CT molecular complexity index is 366. The second-order valence-corrected chi connectivity index (χ2v) is 4.41. The van der Waals surface area contributed by atoms with Crippen molar-refractivity contribution in [3.63, 3.8) is 0 Å². The molecule has 0 aliphatic rings. The van der Waals surface area contributed by atoms with Crippen molar-refractivity contribution in [2.75, 3.05) is 17.3 Å². The molecule has 6 nitrogen and oxygen atoms in total. The monoisotopic (exact) mass is 244 g/mol. The molecule has 1 heterocycles. The molecule has 1 unspecified atom stereocenters. The van der Waals surface area contributed by atoms with Crippen LogP contribution in [0.2, 0.25) is 0 Å². The minimum absolute atomic E-state index is 0.0297. The second-order valence-electron chi connectivity index (χ2n) is 3.50. The van der Waals surface area contributed by atoms with Gasteiger partial charge in [-0.25, -0.2) is 0 Å². The van der Waals surface area contributed by atoms with Gasteiger partial charge in [0.2, 0.25) is 5.82 Å². The highest BCUT2D eigenvalue weighted by Crippen LogP contribution is 2.23. The van der Waals surface area contributed by atoms with Crippen LogP contribution in [0.3, 0.4) is 0 Å². The van der Waals surface area contributed by atoms with Gasteiger partial charge in [0.15, 0.2) is 0 Å². The molecule has 0 saturated carbocycles. The maximum absolute atomic E-state index is 10.8. The maximum Gasteiger partial charge on any atom is 0.330 e. The summed E-state index contributed by atoms with van der Waals surface area (Å²) in [7, 11) is 1.67. The predicted octanol–water partition coefficient (Wildman–Crippen LogP) is 1.88. The number of aromatic nitrogens is 2. The van der Waals surface area contributed by atoms with Gasteiger partial charge >= 0.3 is 5.69 Å². The van der Waals surface area contributed by atoms with Crippen LogP contribution in [-0.2, 0) is 7.05 Å². The number of aryl methyl sites for hydroxylation is 1. The molecule has 1 aromatic heterocycles. The second kappa shape index (κ2) is 5.74. The number of nitrogens with one attached hydrogen (secondary N) is 1. The van der Waals surface area contributed by atoms with Crippen LogP contribution in [0.5, 0.6) is 0 Å². The average Bonchev–Trinajstić information content (AvgIpc) is 2.59. The third kappa shape index (κ3) is 3.13. The van der Waals surface area contributed by atoms with Crippen molar-refractivity contribution in [2.45, 2.75) is 19.4 Å². The fourth-order valence-electron chi connectivity index (χ4n) is 1.37. The fourth-order valence-corrected chi connectivity index (χ4v) is 2.09. The molecule has 90 valence electrons. The van der Waals surface area contributed by atoms with Crippen LogP contribution in [0.4, 0.5) is 11.5 Å². The maximum atomic E-state index is 10.8. The topological polar surface area (TPSA) is 73.0 Å². The van der Waals surface area contributed by atoms with Gasteiger partial charge in [0.1, 0.15) is 6.20 Å². The van der Waals surface area contributed by atoms with Crippen molar-refractivity contribution in [3.8, 4) is 0 Å². The molecule has 0 amide bonds. The van der Waals surface area contributed by atoms with E-state index in [9.17, 15) is 10.1 Å². The van der Waals surface area contributed by atoms with Crippen LogP contribution in [0.25, 0.3) is 0 Å². The van der Waals surface area contributed by atoms with Gasteiger partial charge in [0.05, 0.1) is 4.92 Å². The van der Waals surface area contributed by atoms with E-state index in [4.69, 9.17) is 0 Å². The molecule has 0 radical (unpaired) electrons. The molecule has 0 fully saturated rings. The minimum Gasteiger partial charge on any atom is -0.359 e. The standard InChI is InChI=1S/C9H16N4O2S/c1-4-7(6-16-3)10-9-8(13(14)15)5-12(2)11-9/h5,7H,4,6H2,1-3H3,(H,10,11). The number of rotatable bonds is 6. The van der Waals surface area contributed by atoms with Gasteiger partial charge in [-0.2, -0.15) is 11.8 Å². The van der Waals surface area contributed by atoms with Gasteiger partial charge in [0.25, 0.3) is 0 Å². The van der Waals surface area contributed by atoms with Crippen molar-refractivity contribution < 1.29 is 4.92 Å². The first-order valence-corrected chi connectivity index (χ1v) is 6.41. The van der Waals surface area contributed by atoms with Crippen LogP contribution in [0.1, 0.15) is 13.3 Å². The Kier molecular flexibility index (Phi) is 4.60. The van der Waals surface area contributed by atoms with E-state index in [1.807, 2.05) is 13.2 Å².